The second-order valence-electron chi connectivity index (χ2n) is 7.75. The van der Waals surface area contributed by atoms with Gasteiger partial charge in [0.05, 0.1) is 17.8 Å². The van der Waals surface area contributed by atoms with Crippen molar-refractivity contribution in [1.82, 2.24) is 4.57 Å². The van der Waals surface area contributed by atoms with Gasteiger partial charge in [-0.25, -0.2) is 0 Å². The van der Waals surface area contributed by atoms with E-state index in [0.29, 0.717) is 23.3 Å². The van der Waals surface area contributed by atoms with E-state index in [0.717, 1.165) is 38.9 Å². The van der Waals surface area contributed by atoms with Crippen LogP contribution in [-0.2, 0) is 11.3 Å². The fourth-order valence-corrected chi connectivity index (χ4v) is 4.43. The maximum Gasteiger partial charge on any atom is 0.201 e. The predicted octanol–water partition coefficient (Wildman–Crippen LogP) is 5.13. The molecule has 1 heterocycles. The average molecular weight is 399 g/mol. The van der Waals surface area contributed by atoms with Crippen molar-refractivity contribution in [3.05, 3.63) is 94.4 Å². The number of benzene rings is 2. The Hall–Kier alpha value is -3.37. The molecule has 0 unspecified atom stereocenters. The van der Waals surface area contributed by atoms with Gasteiger partial charge < -0.3 is 14.8 Å². The summed E-state index contributed by atoms with van der Waals surface area (Å²) in [5.74, 6) is -0.167. The number of carbonyl (C=O) groups excluding carboxylic acids is 1. The molecular weight excluding hydrogens is 374 g/mol. The monoisotopic (exact) mass is 399 g/mol. The van der Waals surface area contributed by atoms with E-state index in [2.05, 4.69) is 6.58 Å². The van der Waals surface area contributed by atoms with Crippen LogP contribution in [0.4, 0.5) is 0 Å². The Morgan fingerprint density at radius 2 is 1.73 bits per heavy atom. The van der Waals surface area contributed by atoms with Crippen molar-refractivity contribution >= 4 is 27.8 Å². The molecule has 0 radical (unpaired) electrons. The number of rotatable bonds is 5. The van der Waals surface area contributed by atoms with Gasteiger partial charge in [-0.1, -0.05) is 49.0 Å². The molecule has 152 valence electrons. The number of fused-ring (bicyclic) bond motifs is 1. The van der Waals surface area contributed by atoms with Gasteiger partial charge in [-0.2, -0.15) is 0 Å². The number of aliphatic hydroxyl groups excluding tert-OH is 2. The smallest absolute Gasteiger partial charge is 0.201 e. The number of allylic oxidation sites excluding steroid dienone is 4. The van der Waals surface area contributed by atoms with Crippen molar-refractivity contribution in [1.29, 1.82) is 0 Å². The van der Waals surface area contributed by atoms with Crippen LogP contribution in [0.2, 0.25) is 0 Å². The number of ketones is 1. The summed E-state index contributed by atoms with van der Waals surface area (Å²) in [6, 6.07) is 15.6. The third-order valence-electron chi connectivity index (χ3n) is 5.82. The molecule has 3 aromatic rings. The lowest BCUT2D eigenvalue weighted by Crippen LogP contribution is -2.23. The molecule has 30 heavy (non-hydrogen) atoms. The Labute approximate surface area is 176 Å². The molecule has 0 saturated heterocycles. The van der Waals surface area contributed by atoms with Gasteiger partial charge in [0.15, 0.2) is 0 Å². The second-order valence-corrected chi connectivity index (χ2v) is 7.75. The highest BCUT2D eigenvalue weighted by molar-refractivity contribution is 6.43. The van der Waals surface area contributed by atoms with Gasteiger partial charge >= 0.3 is 0 Å². The Kier molecular flexibility index (Phi) is 4.96. The number of hydrogen-bond donors (Lipinski definition) is 2. The minimum Gasteiger partial charge on any atom is -0.506 e. The topological polar surface area (TPSA) is 62.5 Å². The van der Waals surface area contributed by atoms with E-state index in [9.17, 15) is 15.0 Å². The molecule has 0 spiro atoms. The molecular formula is C26H25NO3. The molecule has 2 N–H and O–H groups in total. The summed E-state index contributed by atoms with van der Waals surface area (Å²) in [5, 5.41) is 21.5. The summed E-state index contributed by atoms with van der Waals surface area (Å²) in [6.07, 6.45) is 0. The number of aryl methyl sites for hydroxylation is 1. The van der Waals surface area contributed by atoms with Crippen molar-refractivity contribution in [2.75, 3.05) is 6.61 Å². The van der Waals surface area contributed by atoms with Crippen LogP contribution in [0.3, 0.4) is 0 Å². The molecule has 1 aliphatic carbocycles. The van der Waals surface area contributed by atoms with Gasteiger partial charge in [-0.05, 0) is 49.1 Å². The van der Waals surface area contributed by atoms with Gasteiger partial charge in [-0.15, -0.1) is 0 Å². The Morgan fingerprint density at radius 1 is 1.07 bits per heavy atom. The van der Waals surface area contributed by atoms with Crippen LogP contribution in [0.5, 0.6) is 0 Å². The van der Waals surface area contributed by atoms with Crippen molar-refractivity contribution in [3.63, 3.8) is 0 Å². The zero-order chi connectivity index (χ0) is 21.6. The van der Waals surface area contributed by atoms with Crippen LogP contribution in [0.25, 0.3) is 22.0 Å². The maximum absolute atomic E-state index is 13.4. The second kappa shape index (κ2) is 7.47. The predicted molar refractivity (Wildman–Crippen MR) is 121 cm³/mol. The first kappa shape index (κ1) is 19.9. The zero-order valence-electron chi connectivity index (χ0n) is 17.5. The summed E-state index contributed by atoms with van der Waals surface area (Å²) in [5.41, 5.74) is 6.53. The molecule has 0 amide bonds. The van der Waals surface area contributed by atoms with E-state index >= 15 is 0 Å². The maximum atomic E-state index is 13.4. The van der Waals surface area contributed by atoms with Crippen LogP contribution in [0, 0.1) is 13.8 Å². The van der Waals surface area contributed by atoms with E-state index in [1.165, 1.54) is 0 Å². The number of para-hydroxylation sites is 1. The third kappa shape index (κ3) is 2.84. The van der Waals surface area contributed by atoms with Gasteiger partial charge in [0.2, 0.25) is 5.78 Å². The standard InChI is InChI=1S/C26H25NO3/c1-15(2)21(18-10-6-5-9-16(18)3)23-25(29)24(26(23)30)22-17(4)27(13-14-28)20-12-8-7-11-19(20)22/h5-12,28-29H,1,13-14H2,2-4H3/b23-21+. The van der Waals surface area contributed by atoms with Gasteiger partial charge in [0.1, 0.15) is 5.76 Å². The number of Topliss-reactive ketones (excluding diaryl/α,β-unsaturated/α-hetero) is 1. The first-order chi connectivity index (χ1) is 14.4. The van der Waals surface area contributed by atoms with Gasteiger partial charge in [0, 0.05) is 28.7 Å². The van der Waals surface area contributed by atoms with Crippen LogP contribution in [0.1, 0.15) is 29.3 Å². The summed E-state index contributed by atoms with van der Waals surface area (Å²) in [7, 11) is 0. The molecule has 0 saturated carbocycles. The molecule has 0 aliphatic heterocycles. The highest BCUT2D eigenvalue weighted by Crippen LogP contribution is 2.46. The highest BCUT2D eigenvalue weighted by atomic mass is 16.3. The van der Waals surface area contributed by atoms with Crippen molar-refractivity contribution in [3.8, 4) is 0 Å². The summed E-state index contributed by atoms with van der Waals surface area (Å²) >= 11 is 0. The number of carbonyl (C=O) groups is 1. The summed E-state index contributed by atoms with van der Waals surface area (Å²) in [4.78, 5) is 13.4. The molecule has 4 rings (SSSR count). The lowest BCUT2D eigenvalue weighted by atomic mass is 9.76. The molecule has 0 fully saturated rings. The van der Waals surface area contributed by atoms with Crippen molar-refractivity contribution in [2.24, 2.45) is 0 Å². The molecule has 1 aliphatic rings. The Balaban J connectivity index is 1.99. The first-order valence-corrected chi connectivity index (χ1v) is 10.0. The van der Waals surface area contributed by atoms with E-state index < -0.39 is 0 Å². The van der Waals surface area contributed by atoms with Gasteiger partial charge in [0.25, 0.3) is 0 Å². The lowest BCUT2D eigenvalue weighted by Gasteiger charge is -2.26. The molecule has 4 heteroatoms. The van der Waals surface area contributed by atoms with Crippen LogP contribution in [0.15, 0.2) is 72.0 Å². The van der Waals surface area contributed by atoms with Crippen LogP contribution < -0.4 is 0 Å². The minimum atomic E-state index is -0.177. The number of aliphatic hydroxyl groups is 2. The zero-order valence-corrected chi connectivity index (χ0v) is 17.5. The quantitative estimate of drug-likeness (QED) is 0.585. The molecule has 0 atom stereocenters. The fourth-order valence-electron chi connectivity index (χ4n) is 4.43. The molecule has 1 aromatic heterocycles. The lowest BCUT2D eigenvalue weighted by molar-refractivity contribution is -0.111. The van der Waals surface area contributed by atoms with E-state index in [1.54, 1.807) is 0 Å². The van der Waals surface area contributed by atoms with E-state index in [1.807, 2.05) is 73.9 Å². The number of hydrogen-bond acceptors (Lipinski definition) is 3. The molecule has 2 aromatic carbocycles. The largest absolute Gasteiger partial charge is 0.506 e. The van der Waals surface area contributed by atoms with Crippen LogP contribution >= 0.6 is 0 Å². The fraction of sp³-hybridized carbons (Fsp3) is 0.192. The van der Waals surface area contributed by atoms with Gasteiger partial charge in [-0.3, -0.25) is 4.79 Å². The Morgan fingerprint density at radius 3 is 2.37 bits per heavy atom. The van der Waals surface area contributed by atoms with E-state index in [4.69, 9.17) is 0 Å². The molecule has 0 bridgehead atoms. The SMILES string of the molecule is C=C(C)/C(=C1\C(=O)C(c2c(C)n(CCO)c3ccccc23)=C1O)c1ccccc1C. The summed E-state index contributed by atoms with van der Waals surface area (Å²) < 4.78 is 1.99. The van der Waals surface area contributed by atoms with E-state index in [-0.39, 0.29) is 18.1 Å². The van der Waals surface area contributed by atoms with Crippen molar-refractivity contribution in [2.45, 2.75) is 27.3 Å². The summed E-state index contributed by atoms with van der Waals surface area (Å²) in [6.45, 7) is 10.2. The number of aromatic nitrogens is 1. The first-order valence-electron chi connectivity index (χ1n) is 10.0. The van der Waals surface area contributed by atoms with Crippen molar-refractivity contribution < 1.29 is 15.0 Å². The van der Waals surface area contributed by atoms with Crippen LogP contribution in [-0.4, -0.2) is 27.2 Å². The normalized spacial score (nSPS) is 15.5. The minimum absolute atomic E-state index is 0.00380. The molecule has 4 nitrogen and oxygen atoms in total. The average Bonchev–Trinajstić information content (AvgIpc) is 2.99. The number of nitrogens with zero attached hydrogens (tertiary/aromatic N) is 1. The highest BCUT2D eigenvalue weighted by Gasteiger charge is 2.40. The Bertz CT molecular complexity index is 1270. The third-order valence-corrected chi connectivity index (χ3v) is 5.82.